The van der Waals surface area contributed by atoms with Gasteiger partial charge in [0.1, 0.15) is 0 Å². The predicted molar refractivity (Wildman–Crippen MR) is 71.1 cm³/mol. The number of nitrogens with zero attached hydrogens (tertiary/aromatic N) is 1. The molecule has 0 spiro atoms. The molecule has 1 aromatic carbocycles. The van der Waals surface area contributed by atoms with Crippen molar-refractivity contribution in [2.75, 3.05) is 6.61 Å². The average Bonchev–Trinajstić information content (AvgIpc) is 2.36. The first-order valence-electron chi connectivity index (χ1n) is 6.12. The van der Waals surface area contributed by atoms with Gasteiger partial charge in [0.2, 0.25) is 0 Å². The van der Waals surface area contributed by atoms with Gasteiger partial charge in [0, 0.05) is 30.3 Å². The van der Waals surface area contributed by atoms with Crippen LogP contribution in [0.4, 0.5) is 5.69 Å². The standard InChI is InChI=1S/C13H18N2O4/c1-9-5-6-11(15(18)19)8-12(9)13(17)14-10(2)4-3-7-16/h5-6,8,10,16H,3-4,7H2,1-2H3,(H,14,17). The Bertz CT molecular complexity index is 474. The fraction of sp³-hybridized carbons (Fsp3) is 0.462. The molecule has 19 heavy (non-hydrogen) atoms. The minimum atomic E-state index is -0.522. The molecule has 0 aliphatic heterocycles. The van der Waals surface area contributed by atoms with Gasteiger partial charge in [0.05, 0.1) is 4.92 Å². The van der Waals surface area contributed by atoms with Crippen LogP contribution in [-0.2, 0) is 0 Å². The Morgan fingerprint density at radius 1 is 1.53 bits per heavy atom. The van der Waals surface area contributed by atoms with Crippen LogP contribution in [0.25, 0.3) is 0 Å². The quantitative estimate of drug-likeness (QED) is 0.606. The highest BCUT2D eigenvalue weighted by molar-refractivity contribution is 5.96. The molecule has 1 amide bonds. The first-order valence-corrected chi connectivity index (χ1v) is 6.12. The lowest BCUT2D eigenvalue weighted by atomic mass is 10.1. The fourth-order valence-electron chi connectivity index (χ4n) is 1.74. The second-order valence-electron chi connectivity index (χ2n) is 4.50. The van der Waals surface area contributed by atoms with Crippen LogP contribution in [-0.4, -0.2) is 28.6 Å². The molecule has 6 nitrogen and oxygen atoms in total. The van der Waals surface area contributed by atoms with Crippen LogP contribution < -0.4 is 5.32 Å². The zero-order valence-corrected chi connectivity index (χ0v) is 11.0. The summed E-state index contributed by atoms with van der Waals surface area (Å²) in [6.07, 6.45) is 1.27. The second kappa shape index (κ2) is 6.84. The molecule has 104 valence electrons. The minimum absolute atomic E-state index is 0.0794. The molecule has 1 atom stereocenters. The van der Waals surface area contributed by atoms with E-state index in [0.717, 1.165) is 0 Å². The number of nitro groups is 1. The number of hydrogen-bond donors (Lipinski definition) is 2. The molecule has 0 aromatic heterocycles. The van der Waals surface area contributed by atoms with Gasteiger partial charge in [-0.25, -0.2) is 0 Å². The molecule has 0 aliphatic rings. The smallest absolute Gasteiger partial charge is 0.270 e. The van der Waals surface area contributed by atoms with Gasteiger partial charge < -0.3 is 10.4 Å². The maximum Gasteiger partial charge on any atom is 0.270 e. The van der Waals surface area contributed by atoms with Gasteiger partial charge in [-0.2, -0.15) is 0 Å². The number of aliphatic hydroxyl groups excluding tert-OH is 1. The van der Waals surface area contributed by atoms with Gasteiger partial charge >= 0.3 is 0 Å². The molecule has 0 saturated heterocycles. The van der Waals surface area contributed by atoms with Gasteiger partial charge in [0.25, 0.3) is 11.6 Å². The zero-order valence-electron chi connectivity index (χ0n) is 11.0. The summed E-state index contributed by atoms with van der Waals surface area (Å²) in [5.74, 6) is -0.327. The minimum Gasteiger partial charge on any atom is -0.396 e. The lowest BCUT2D eigenvalue weighted by molar-refractivity contribution is -0.384. The van der Waals surface area contributed by atoms with E-state index in [1.165, 1.54) is 12.1 Å². The summed E-state index contributed by atoms with van der Waals surface area (Å²) in [5.41, 5.74) is 0.904. The molecule has 0 aliphatic carbocycles. The number of hydrogen-bond acceptors (Lipinski definition) is 4. The Labute approximate surface area is 111 Å². The Hall–Kier alpha value is -1.95. The van der Waals surface area contributed by atoms with Crippen molar-refractivity contribution in [3.8, 4) is 0 Å². The van der Waals surface area contributed by atoms with Crippen LogP contribution in [0.2, 0.25) is 0 Å². The number of aryl methyl sites for hydroxylation is 1. The van der Waals surface area contributed by atoms with E-state index in [1.54, 1.807) is 13.0 Å². The predicted octanol–water partition coefficient (Wildman–Crippen LogP) is 1.79. The molecular weight excluding hydrogens is 248 g/mol. The molecule has 6 heteroatoms. The molecule has 1 aromatic rings. The summed E-state index contributed by atoms with van der Waals surface area (Å²) in [5, 5.41) is 22.2. The van der Waals surface area contributed by atoms with E-state index >= 15 is 0 Å². The normalized spacial score (nSPS) is 11.9. The third-order valence-electron chi connectivity index (χ3n) is 2.85. The summed E-state index contributed by atoms with van der Waals surface area (Å²) in [7, 11) is 0. The summed E-state index contributed by atoms with van der Waals surface area (Å²) in [4.78, 5) is 22.2. The molecular formula is C13H18N2O4. The van der Waals surface area contributed by atoms with Gasteiger partial charge in [-0.15, -0.1) is 0 Å². The third kappa shape index (κ3) is 4.33. The zero-order chi connectivity index (χ0) is 14.4. The van der Waals surface area contributed by atoms with Crippen LogP contribution in [0.5, 0.6) is 0 Å². The van der Waals surface area contributed by atoms with E-state index < -0.39 is 4.92 Å². The number of carbonyl (C=O) groups is 1. The van der Waals surface area contributed by atoms with Crippen molar-refractivity contribution in [2.24, 2.45) is 0 Å². The van der Waals surface area contributed by atoms with Crippen molar-refractivity contribution in [3.05, 3.63) is 39.4 Å². The molecule has 2 N–H and O–H groups in total. The van der Waals surface area contributed by atoms with Crippen LogP contribution in [0, 0.1) is 17.0 Å². The Balaban J connectivity index is 2.81. The number of aliphatic hydroxyl groups is 1. The lowest BCUT2D eigenvalue weighted by Crippen LogP contribution is -2.33. The first-order chi connectivity index (χ1) is 8.95. The van der Waals surface area contributed by atoms with E-state index in [-0.39, 0.29) is 24.2 Å². The van der Waals surface area contributed by atoms with Crippen molar-refractivity contribution < 1.29 is 14.8 Å². The maximum absolute atomic E-state index is 12.0. The molecule has 0 bridgehead atoms. The number of non-ortho nitro benzene ring substituents is 1. The van der Waals surface area contributed by atoms with E-state index in [0.29, 0.717) is 24.0 Å². The molecule has 0 saturated carbocycles. The highest BCUT2D eigenvalue weighted by Crippen LogP contribution is 2.17. The lowest BCUT2D eigenvalue weighted by Gasteiger charge is -2.14. The number of benzene rings is 1. The second-order valence-corrected chi connectivity index (χ2v) is 4.50. The summed E-state index contributed by atoms with van der Waals surface area (Å²) >= 11 is 0. The van der Waals surface area contributed by atoms with Crippen molar-refractivity contribution in [3.63, 3.8) is 0 Å². The van der Waals surface area contributed by atoms with Gasteiger partial charge in [-0.05, 0) is 32.3 Å². The topological polar surface area (TPSA) is 92.5 Å². The van der Waals surface area contributed by atoms with Gasteiger partial charge in [0.15, 0.2) is 0 Å². The number of carbonyl (C=O) groups excluding carboxylic acids is 1. The van der Waals surface area contributed by atoms with Gasteiger partial charge in [-0.3, -0.25) is 14.9 Å². The average molecular weight is 266 g/mol. The Morgan fingerprint density at radius 3 is 2.79 bits per heavy atom. The molecule has 1 rings (SSSR count). The molecule has 0 radical (unpaired) electrons. The SMILES string of the molecule is Cc1ccc([N+](=O)[O-])cc1C(=O)NC(C)CCCO. The van der Waals surface area contributed by atoms with E-state index in [4.69, 9.17) is 5.11 Å². The van der Waals surface area contributed by atoms with E-state index in [1.807, 2.05) is 6.92 Å². The van der Waals surface area contributed by atoms with E-state index in [9.17, 15) is 14.9 Å². The first kappa shape index (κ1) is 15.1. The fourth-order valence-corrected chi connectivity index (χ4v) is 1.74. The van der Waals surface area contributed by atoms with Crippen molar-refractivity contribution in [2.45, 2.75) is 32.7 Å². The highest BCUT2D eigenvalue weighted by atomic mass is 16.6. The summed E-state index contributed by atoms with van der Waals surface area (Å²) < 4.78 is 0. The highest BCUT2D eigenvalue weighted by Gasteiger charge is 2.16. The monoisotopic (exact) mass is 266 g/mol. The van der Waals surface area contributed by atoms with Crippen LogP contribution in [0.15, 0.2) is 18.2 Å². The number of amides is 1. The molecule has 1 unspecified atom stereocenters. The Kier molecular flexibility index (Phi) is 5.44. The number of rotatable bonds is 6. The van der Waals surface area contributed by atoms with Crippen molar-refractivity contribution in [1.29, 1.82) is 0 Å². The number of nitrogens with one attached hydrogen (secondary N) is 1. The Morgan fingerprint density at radius 2 is 2.21 bits per heavy atom. The van der Waals surface area contributed by atoms with Crippen LogP contribution in [0.1, 0.15) is 35.7 Å². The van der Waals surface area contributed by atoms with Crippen molar-refractivity contribution in [1.82, 2.24) is 5.32 Å². The van der Waals surface area contributed by atoms with Crippen LogP contribution in [0.3, 0.4) is 0 Å². The summed E-state index contributed by atoms with van der Waals surface area (Å²) in [6, 6.07) is 4.13. The third-order valence-corrected chi connectivity index (χ3v) is 2.85. The molecule has 0 heterocycles. The van der Waals surface area contributed by atoms with Crippen LogP contribution >= 0.6 is 0 Å². The van der Waals surface area contributed by atoms with Crippen molar-refractivity contribution >= 4 is 11.6 Å². The largest absolute Gasteiger partial charge is 0.396 e. The summed E-state index contributed by atoms with van der Waals surface area (Å²) in [6.45, 7) is 3.65. The van der Waals surface area contributed by atoms with Gasteiger partial charge in [-0.1, -0.05) is 6.07 Å². The maximum atomic E-state index is 12.0. The number of nitro benzene ring substituents is 1. The molecule has 0 fully saturated rings. The van der Waals surface area contributed by atoms with E-state index in [2.05, 4.69) is 5.32 Å².